The Balaban J connectivity index is 3.86. The molecule has 0 aromatic carbocycles. The third-order valence-corrected chi connectivity index (χ3v) is 3.84. The molecule has 16 heavy (non-hydrogen) atoms. The van der Waals surface area contributed by atoms with E-state index in [-0.39, 0.29) is 0 Å². The predicted octanol–water partition coefficient (Wildman–Crippen LogP) is 6.06. The molecular formula is C16H34. The first kappa shape index (κ1) is 16.0. The van der Waals surface area contributed by atoms with Gasteiger partial charge < -0.3 is 0 Å². The zero-order valence-corrected chi connectivity index (χ0v) is 12.4. The molecule has 0 aliphatic rings. The summed E-state index contributed by atoms with van der Waals surface area (Å²) in [5, 5.41) is 0. The summed E-state index contributed by atoms with van der Waals surface area (Å²) in [7, 11) is 0. The third-order valence-electron chi connectivity index (χ3n) is 3.84. The minimum absolute atomic E-state index is 0.875. The van der Waals surface area contributed by atoms with E-state index in [4.69, 9.17) is 0 Å². The highest BCUT2D eigenvalue weighted by Gasteiger charge is 2.16. The summed E-state index contributed by atoms with van der Waals surface area (Å²) in [6, 6.07) is 0. The minimum Gasteiger partial charge on any atom is -0.0654 e. The Labute approximate surface area is 104 Å². The molecule has 0 fully saturated rings. The van der Waals surface area contributed by atoms with Crippen LogP contribution in [0.4, 0.5) is 0 Å². The normalized spacial score (nSPS) is 15.4. The van der Waals surface area contributed by atoms with Crippen LogP contribution in [0, 0.1) is 17.8 Å². The van der Waals surface area contributed by atoms with Crippen molar-refractivity contribution < 1.29 is 0 Å². The molecule has 0 aliphatic carbocycles. The molecule has 2 unspecified atom stereocenters. The van der Waals surface area contributed by atoms with Crippen molar-refractivity contribution in [1.29, 1.82) is 0 Å². The number of rotatable bonds is 10. The highest BCUT2D eigenvalue weighted by Crippen LogP contribution is 2.28. The molecule has 0 amide bonds. The van der Waals surface area contributed by atoms with E-state index in [1.165, 1.54) is 51.4 Å². The lowest BCUT2D eigenvalue weighted by Crippen LogP contribution is -2.12. The second kappa shape index (κ2) is 10.2. The highest BCUT2D eigenvalue weighted by atomic mass is 14.2. The molecule has 0 bridgehead atoms. The summed E-state index contributed by atoms with van der Waals surface area (Å²) in [5.41, 5.74) is 0. The lowest BCUT2D eigenvalue weighted by Gasteiger charge is -2.24. The monoisotopic (exact) mass is 226 g/mol. The van der Waals surface area contributed by atoms with Crippen molar-refractivity contribution in [3.05, 3.63) is 0 Å². The van der Waals surface area contributed by atoms with Crippen LogP contribution >= 0.6 is 0 Å². The quantitative estimate of drug-likeness (QED) is 0.397. The van der Waals surface area contributed by atoms with E-state index in [1.54, 1.807) is 0 Å². The molecule has 0 heterocycles. The molecule has 0 N–H and O–H groups in total. The minimum atomic E-state index is 0.875. The topological polar surface area (TPSA) is 0 Å². The first-order chi connectivity index (χ1) is 7.61. The van der Waals surface area contributed by atoms with Gasteiger partial charge in [0, 0.05) is 0 Å². The van der Waals surface area contributed by atoms with Gasteiger partial charge in [0.1, 0.15) is 0 Å². The molecule has 0 saturated heterocycles. The number of hydrogen-bond donors (Lipinski definition) is 0. The molecule has 0 aliphatic heterocycles. The average Bonchev–Trinajstić information content (AvgIpc) is 2.25. The van der Waals surface area contributed by atoms with Crippen LogP contribution in [-0.2, 0) is 0 Å². The summed E-state index contributed by atoms with van der Waals surface area (Å²) >= 11 is 0. The van der Waals surface area contributed by atoms with Gasteiger partial charge in [-0.1, -0.05) is 86.0 Å². The van der Waals surface area contributed by atoms with Gasteiger partial charge in [0.05, 0.1) is 0 Å². The van der Waals surface area contributed by atoms with Crippen molar-refractivity contribution in [2.75, 3.05) is 0 Å². The van der Waals surface area contributed by atoms with Crippen molar-refractivity contribution in [1.82, 2.24) is 0 Å². The second-order valence-electron chi connectivity index (χ2n) is 5.99. The van der Waals surface area contributed by atoms with Gasteiger partial charge in [0.15, 0.2) is 0 Å². The lowest BCUT2D eigenvalue weighted by molar-refractivity contribution is 0.274. The Morgan fingerprint density at radius 2 is 1.38 bits per heavy atom. The molecule has 0 aromatic rings. The van der Waals surface area contributed by atoms with E-state index in [0.717, 1.165) is 17.8 Å². The van der Waals surface area contributed by atoms with Crippen LogP contribution < -0.4 is 0 Å². The molecule has 0 radical (unpaired) electrons. The summed E-state index contributed by atoms with van der Waals surface area (Å²) in [4.78, 5) is 0. The van der Waals surface area contributed by atoms with Crippen LogP contribution in [0.25, 0.3) is 0 Å². The van der Waals surface area contributed by atoms with E-state index in [2.05, 4.69) is 34.6 Å². The van der Waals surface area contributed by atoms with Crippen LogP contribution in [0.15, 0.2) is 0 Å². The first-order valence-electron chi connectivity index (χ1n) is 7.61. The fourth-order valence-electron chi connectivity index (χ4n) is 2.57. The molecule has 0 nitrogen and oxygen atoms in total. The Morgan fingerprint density at radius 1 is 0.688 bits per heavy atom. The maximum atomic E-state index is 2.48. The average molecular weight is 226 g/mol. The molecule has 2 atom stereocenters. The van der Waals surface area contributed by atoms with Crippen LogP contribution in [0.3, 0.4) is 0 Å². The Bertz CT molecular complexity index is 137. The molecular weight excluding hydrogens is 192 g/mol. The van der Waals surface area contributed by atoms with E-state index in [9.17, 15) is 0 Å². The van der Waals surface area contributed by atoms with Gasteiger partial charge in [-0.25, -0.2) is 0 Å². The van der Waals surface area contributed by atoms with Gasteiger partial charge in [-0.15, -0.1) is 0 Å². The van der Waals surface area contributed by atoms with E-state index in [0.29, 0.717) is 0 Å². The SMILES string of the molecule is CCCCCC(CCC)C(C)CCC(C)C. The standard InChI is InChI=1S/C16H34/c1-6-8-9-11-16(10-7-2)15(5)13-12-14(3)4/h14-16H,6-13H2,1-5H3. The van der Waals surface area contributed by atoms with E-state index < -0.39 is 0 Å². The van der Waals surface area contributed by atoms with Gasteiger partial charge >= 0.3 is 0 Å². The lowest BCUT2D eigenvalue weighted by atomic mass is 9.82. The molecule has 0 aromatic heterocycles. The van der Waals surface area contributed by atoms with Crippen LogP contribution in [0.1, 0.15) is 86.0 Å². The molecule has 0 rings (SSSR count). The fourth-order valence-corrected chi connectivity index (χ4v) is 2.57. The Hall–Kier alpha value is 0. The summed E-state index contributed by atoms with van der Waals surface area (Å²) in [6.45, 7) is 11.8. The van der Waals surface area contributed by atoms with Crippen molar-refractivity contribution in [3.8, 4) is 0 Å². The van der Waals surface area contributed by atoms with Crippen LogP contribution in [0.5, 0.6) is 0 Å². The van der Waals surface area contributed by atoms with Crippen molar-refractivity contribution in [3.63, 3.8) is 0 Å². The molecule has 98 valence electrons. The second-order valence-corrected chi connectivity index (χ2v) is 5.99. The predicted molar refractivity (Wildman–Crippen MR) is 75.8 cm³/mol. The van der Waals surface area contributed by atoms with E-state index >= 15 is 0 Å². The smallest absolute Gasteiger partial charge is 0.0389 e. The summed E-state index contributed by atoms with van der Waals surface area (Å²) in [5.74, 6) is 2.81. The maximum absolute atomic E-state index is 2.48. The van der Waals surface area contributed by atoms with Gasteiger partial charge in [0.25, 0.3) is 0 Å². The number of unbranched alkanes of at least 4 members (excludes halogenated alkanes) is 2. The number of hydrogen-bond acceptors (Lipinski definition) is 0. The molecule has 0 spiro atoms. The Morgan fingerprint density at radius 3 is 1.88 bits per heavy atom. The van der Waals surface area contributed by atoms with Gasteiger partial charge in [-0.3, -0.25) is 0 Å². The first-order valence-corrected chi connectivity index (χ1v) is 7.61. The Kier molecular flexibility index (Phi) is 10.2. The molecule has 0 heteroatoms. The van der Waals surface area contributed by atoms with E-state index in [1.807, 2.05) is 0 Å². The van der Waals surface area contributed by atoms with Gasteiger partial charge in [0.2, 0.25) is 0 Å². The van der Waals surface area contributed by atoms with Crippen LogP contribution in [0.2, 0.25) is 0 Å². The third kappa shape index (κ3) is 8.19. The molecule has 0 saturated carbocycles. The van der Waals surface area contributed by atoms with Crippen LogP contribution in [-0.4, -0.2) is 0 Å². The van der Waals surface area contributed by atoms with Gasteiger partial charge in [-0.05, 0) is 17.8 Å². The largest absolute Gasteiger partial charge is 0.0654 e. The summed E-state index contributed by atoms with van der Waals surface area (Å²) in [6.07, 6.45) is 11.4. The maximum Gasteiger partial charge on any atom is -0.0389 e. The fraction of sp³-hybridized carbons (Fsp3) is 1.00. The zero-order valence-electron chi connectivity index (χ0n) is 12.4. The van der Waals surface area contributed by atoms with Gasteiger partial charge in [-0.2, -0.15) is 0 Å². The van der Waals surface area contributed by atoms with Crippen molar-refractivity contribution in [2.45, 2.75) is 86.0 Å². The van der Waals surface area contributed by atoms with Crippen molar-refractivity contribution in [2.24, 2.45) is 17.8 Å². The summed E-state index contributed by atoms with van der Waals surface area (Å²) < 4.78 is 0. The zero-order chi connectivity index (χ0) is 12.4. The van der Waals surface area contributed by atoms with Crippen molar-refractivity contribution >= 4 is 0 Å². The highest BCUT2D eigenvalue weighted by molar-refractivity contribution is 4.67.